The van der Waals surface area contributed by atoms with Crippen molar-refractivity contribution in [2.75, 3.05) is 18.6 Å². The minimum Gasteiger partial charge on any atom is -0.507 e. The molecule has 1 saturated heterocycles. The molecule has 8 nitrogen and oxygen atoms in total. The van der Waals surface area contributed by atoms with Crippen LogP contribution in [0.25, 0.3) is 5.76 Å². The zero-order chi connectivity index (χ0) is 25.1. The highest BCUT2D eigenvalue weighted by molar-refractivity contribution is 6.51. The summed E-state index contributed by atoms with van der Waals surface area (Å²) in [6.45, 7) is 4.28. The number of rotatable bonds is 8. The second-order valence-corrected chi connectivity index (χ2v) is 8.52. The number of halogens is 1. The molecule has 0 radical (unpaired) electrons. The predicted octanol–water partition coefficient (Wildman–Crippen LogP) is 5.45. The number of aliphatic hydroxyl groups excluding tert-OH is 1. The average molecular weight is 497 g/mol. The molecule has 0 aliphatic carbocycles. The van der Waals surface area contributed by atoms with Crippen LogP contribution in [0.4, 0.5) is 5.82 Å². The van der Waals surface area contributed by atoms with Crippen molar-refractivity contribution >= 4 is 34.9 Å². The second kappa shape index (κ2) is 10.2. The number of ether oxygens (including phenoxy) is 2. The lowest BCUT2D eigenvalue weighted by molar-refractivity contribution is -0.132. The van der Waals surface area contributed by atoms with Gasteiger partial charge in [0.15, 0.2) is 17.3 Å². The number of anilines is 1. The number of amides is 1. The van der Waals surface area contributed by atoms with Gasteiger partial charge in [0.05, 0.1) is 25.3 Å². The molecule has 1 aliphatic heterocycles. The van der Waals surface area contributed by atoms with Crippen LogP contribution in [-0.2, 0) is 9.59 Å². The molecule has 0 bridgehead atoms. The third-order valence-electron chi connectivity index (χ3n) is 5.68. The molecule has 0 saturated carbocycles. The fraction of sp³-hybridized carbons (Fsp3) is 0.269. The quantitative estimate of drug-likeness (QED) is 0.191. The molecule has 1 aromatic heterocycles. The first-order valence-corrected chi connectivity index (χ1v) is 11.5. The van der Waals surface area contributed by atoms with Crippen LogP contribution >= 0.6 is 11.6 Å². The average Bonchev–Trinajstić information content (AvgIpc) is 3.39. The summed E-state index contributed by atoms with van der Waals surface area (Å²) in [6, 6.07) is 12.1. The first-order valence-electron chi connectivity index (χ1n) is 11.2. The number of unbranched alkanes of at least 4 members (excludes halogenated alkanes) is 1. The smallest absolute Gasteiger partial charge is 0.301 e. The van der Waals surface area contributed by atoms with E-state index < -0.39 is 17.7 Å². The summed E-state index contributed by atoms with van der Waals surface area (Å²) >= 11 is 5.98. The van der Waals surface area contributed by atoms with Crippen LogP contribution in [0.3, 0.4) is 0 Å². The topological polar surface area (TPSA) is 102 Å². The van der Waals surface area contributed by atoms with Gasteiger partial charge in [0, 0.05) is 16.7 Å². The van der Waals surface area contributed by atoms with E-state index in [2.05, 4.69) is 12.1 Å². The Morgan fingerprint density at radius 3 is 2.51 bits per heavy atom. The largest absolute Gasteiger partial charge is 0.507 e. The van der Waals surface area contributed by atoms with Crippen LogP contribution in [0.5, 0.6) is 11.5 Å². The molecular weight excluding hydrogens is 472 g/mol. The van der Waals surface area contributed by atoms with Gasteiger partial charge in [-0.1, -0.05) is 36.2 Å². The Balaban J connectivity index is 1.87. The summed E-state index contributed by atoms with van der Waals surface area (Å²) in [5.41, 5.74) is 0.792. The SMILES string of the molecule is CCCCOc1ccc([C@@H]2C(=C(O)c3ccc(Cl)cc3)C(=O)C(=O)N2c2cc(C)on2)cc1OC. The Morgan fingerprint density at radius 1 is 1.14 bits per heavy atom. The third kappa shape index (κ3) is 4.74. The minimum atomic E-state index is -0.978. The van der Waals surface area contributed by atoms with Crippen LogP contribution in [0.15, 0.2) is 58.6 Å². The molecule has 2 aromatic carbocycles. The lowest BCUT2D eigenvalue weighted by Gasteiger charge is -2.23. The molecule has 2 heterocycles. The van der Waals surface area contributed by atoms with E-state index in [1.54, 1.807) is 55.5 Å². The molecule has 1 fully saturated rings. The van der Waals surface area contributed by atoms with Crippen LogP contribution in [0, 0.1) is 6.92 Å². The second-order valence-electron chi connectivity index (χ2n) is 8.08. The summed E-state index contributed by atoms with van der Waals surface area (Å²) in [7, 11) is 1.51. The van der Waals surface area contributed by atoms with E-state index in [1.165, 1.54) is 12.0 Å². The van der Waals surface area contributed by atoms with Crippen molar-refractivity contribution in [3.8, 4) is 11.5 Å². The van der Waals surface area contributed by atoms with E-state index in [4.69, 9.17) is 25.6 Å². The van der Waals surface area contributed by atoms with Gasteiger partial charge in [-0.3, -0.25) is 14.5 Å². The molecule has 1 aliphatic rings. The lowest BCUT2D eigenvalue weighted by atomic mass is 9.95. The molecular formula is C26H25ClN2O6. The maximum atomic E-state index is 13.2. The molecule has 35 heavy (non-hydrogen) atoms. The Morgan fingerprint density at radius 2 is 1.89 bits per heavy atom. The summed E-state index contributed by atoms with van der Waals surface area (Å²) in [4.78, 5) is 27.6. The molecule has 1 N–H and O–H groups in total. The lowest BCUT2D eigenvalue weighted by Crippen LogP contribution is -2.29. The highest BCUT2D eigenvalue weighted by Gasteiger charge is 2.48. The van der Waals surface area contributed by atoms with Crippen LogP contribution in [0.2, 0.25) is 5.02 Å². The number of aryl methyl sites for hydroxylation is 1. The Hall–Kier alpha value is -3.78. The van der Waals surface area contributed by atoms with Crippen molar-refractivity contribution in [3.63, 3.8) is 0 Å². The van der Waals surface area contributed by atoms with Gasteiger partial charge >= 0.3 is 5.91 Å². The van der Waals surface area contributed by atoms with Gasteiger partial charge in [0.1, 0.15) is 11.5 Å². The number of carbonyl (C=O) groups is 2. The van der Waals surface area contributed by atoms with Gasteiger partial charge in [-0.2, -0.15) is 0 Å². The molecule has 0 spiro atoms. The van der Waals surface area contributed by atoms with Crippen molar-refractivity contribution in [1.29, 1.82) is 0 Å². The van der Waals surface area contributed by atoms with Gasteiger partial charge < -0.3 is 19.1 Å². The Bertz CT molecular complexity index is 1280. The van der Waals surface area contributed by atoms with Crippen molar-refractivity contribution in [1.82, 2.24) is 5.16 Å². The number of ketones is 1. The van der Waals surface area contributed by atoms with Crippen molar-refractivity contribution in [2.45, 2.75) is 32.7 Å². The fourth-order valence-corrected chi connectivity index (χ4v) is 4.04. The summed E-state index contributed by atoms with van der Waals surface area (Å²) in [6.07, 6.45) is 1.87. The number of carbonyl (C=O) groups excluding carboxylic acids is 2. The minimum absolute atomic E-state index is 0.0836. The number of nitrogens with zero attached hydrogens (tertiary/aromatic N) is 2. The van der Waals surface area contributed by atoms with Crippen molar-refractivity contribution in [3.05, 3.63) is 76.0 Å². The molecule has 1 atom stereocenters. The van der Waals surface area contributed by atoms with E-state index in [0.717, 1.165) is 12.8 Å². The number of aromatic nitrogens is 1. The first kappa shape index (κ1) is 24.3. The van der Waals surface area contributed by atoms with Gasteiger partial charge in [0.25, 0.3) is 5.78 Å². The number of hydrogen-bond acceptors (Lipinski definition) is 7. The molecule has 3 aromatic rings. The van der Waals surface area contributed by atoms with E-state index in [9.17, 15) is 14.7 Å². The molecule has 4 rings (SSSR count). The highest BCUT2D eigenvalue weighted by atomic mass is 35.5. The van der Waals surface area contributed by atoms with Crippen LogP contribution in [0.1, 0.15) is 42.7 Å². The zero-order valence-electron chi connectivity index (χ0n) is 19.6. The van der Waals surface area contributed by atoms with Crippen molar-refractivity contribution < 1.29 is 28.7 Å². The molecule has 9 heteroatoms. The van der Waals surface area contributed by atoms with Gasteiger partial charge in [0.2, 0.25) is 0 Å². The molecule has 1 amide bonds. The molecule has 182 valence electrons. The fourth-order valence-electron chi connectivity index (χ4n) is 3.91. The number of methoxy groups -OCH3 is 1. The summed E-state index contributed by atoms with van der Waals surface area (Å²) < 4.78 is 16.5. The van der Waals surface area contributed by atoms with Crippen molar-refractivity contribution in [2.24, 2.45) is 0 Å². The number of benzene rings is 2. The Labute approximate surface area is 207 Å². The maximum absolute atomic E-state index is 13.2. The standard InChI is InChI=1S/C26H25ClN2O6/c1-4-5-12-34-19-11-8-17(14-20(19)33-3)23-22(24(30)16-6-9-18(27)10-7-16)25(31)26(32)29(23)21-13-15(2)35-28-21/h6-11,13-14,23,30H,4-5,12H2,1-3H3/t23-/m1/s1. The predicted molar refractivity (Wildman–Crippen MR) is 131 cm³/mol. The maximum Gasteiger partial charge on any atom is 0.301 e. The van der Waals surface area contributed by atoms with Crippen LogP contribution in [-0.4, -0.2) is 35.7 Å². The van der Waals surface area contributed by atoms with E-state index >= 15 is 0 Å². The number of Topliss-reactive ketones (excluding diaryl/α,β-unsaturated/α-hetero) is 1. The first-order chi connectivity index (χ1) is 16.8. The normalized spacial score (nSPS) is 17.1. The summed E-state index contributed by atoms with van der Waals surface area (Å²) in [5.74, 6) is -0.396. The Kier molecular flexibility index (Phi) is 7.12. The zero-order valence-corrected chi connectivity index (χ0v) is 20.3. The van der Waals surface area contributed by atoms with Gasteiger partial charge in [-0.05, 0) is 55.3 Å². The van der Waals surface area contributed by atoms with E-state index in [1.807, 2.05) is 0 Å². The van der Waals surface area contributed by atoms with Gasteiger partial charge in [-0.25, -0.2) is 0 Å². The third-order valence-corrected chi connectivity index (χ3v) is 5.94. The van der Waals surface area contributed by atoms with Gasteiger partial charge in [-0.15, -0.1) is 0 Å². The van der Waals surface area contributed by atoms with E-state index in [-0.39, 0.29) is 17.2 Å². The number of hydrogen-bond donors (Lipinski definition) is 1. The molecule has 0 unspecified atom stereocenters. The number of aliphatic hydroxyl groups is 1. The summed E-state index contributed by atoms with van der Waals surface area (Å²) in [5, 5.41) is 15.6. The monoisotopic (exact) mass is 496 g/mol. The van der Waals surface area contributed by atoms with E-state index in [0.29, 0.717) is 40.0 Å². The van der Waals surface area contributed by atoms with Crippen LogP contribution < -0.4 is 14.4 Å². The highest BCUT2D eigenvalue weighted by Crippen LogP contribution is 2.44.